The van der Waals surface area contributed by atoms with Gasteiger partial charge in [0.2, 0.25) is 0 Å². The van der Waals surface area contributed by atoms with Crippen LogP contribution in [0.1, 0.15) is 23.7 Å². The molecule has 1 atom stereocenters. The average Bonchev–Trinajstić information content (AvgIpc) is 3.07. The highest BCUT2D eigenvalue weighted by Gasteiger charge is 2.16. The fraction of sp³-hybridized carbons (Fsp3) is 0.500. The van der Waals surface area contributed by atoms with Crippen LogP contribution in [0.25, 0.3) is 0 Å². The van der Waals surface area contributed by atoms with Crippen LogP contribution >= 0.6 is 24.0 Å². The van der Waals surface area contributed by atoms with Crippen LogP contribution in [0, 0.1) is 0 Å². The molecule has 154 valence electrons. The molecule has 7 nitrogen and oxygen atoms in total. The minimum Gasteiger partial charge on any atom is -0.376 e. The molecule has 0 radical (unpaired) electrons. The third kappa shape index (κ3) is 6.75. The molecule has 2 N–H and O–H groups in total. The number of nitrogens with zero attached hydrogens (tertiary/aromatic N) is 4. The molecule has 0 saturated carbocycles. The molecule has 1 aliphatic rings. The van der Waals surface area contributed by atoms with Crippen molar-refractivity contribution < 1.29 is 4.74 Å². The molecule has 0 spiro atoms. The summed E-state index contributed by atoms with van der Waals surface area (Å²) in [6, 6.07) is 10.7. The second kappa shape index (κ2) is 11.4. The molecule has 0 amide bonds. The number of nitrogens with one attached hydrogen (secondary N) is 2. The summed E-state index contributed by atoms with van der Waals surface area (Å²) in [4.78, 5) is 6.75. The molecular weight excluding hydrogens is 467 g/mol. The van der Waals surface area contributed by atoms with Crippen molar-refractivity contribution in [2.24, 2.45) is 12.0 Å². The lowest BCUT2D eigenvalue weighted by Gasteiger charge is -2.31. The SMILES string of the molecule is CN=C(NCc1cccc(CN2CCOC(C)C2)c1)NCc1ccnn1C.I. The Morgan fingerprint density at radius 3 is 2.75 bits per heavy atom. The van der Waals surface area contributed by atoms with E-state index in [1.807, 2.05) is 17.8 Å². The van der Waals surface area contributed by atoms with Gasteiger partial charge in [-0.05, 0) is 24.1 Å². The molecule has 0 aliphatic carbocycles. The van der Waals surface area contributed by atoms with Crippen LogP contribution in [0.3, 0.4) is 0 Å². The Kier molecular flexibility index (Phi) is 9.20. The van der Waals surface area contributed by atoms with Gasteiger partial charge >= 0.3 is 0 Å². The van der Waals surface area contributed by atoms with E-state index in [2.05, 4.69) is 56.8 Å². The Balaban J connectivity index is 0.00000280. The summed E-state index contributed by atoms with van der Waals surface area (Å²) < 4.78 is 7.48. The molecule has 2 heterocycles. The number of benzene rings is 1. The number of rotatable bonds is 6. The number of guanidine groups is 1. The van der Waals surface area contributed by atoms with Gasteiger partial charge in [0.05, 0.1) is 24.9 Å². The predicted molar refractivity (Wildman–Crippen MR) is 123 cm³/mol. The molecule has 0 bridgehead atoms. The maximum atomic E-state index is 5.63. The summed E-state index contributed by atoms with van der Waals surface area (Å²) in [5.74, 6) is 0.781. The number of ether oxygens (including phenoxy) is 1. The maximum Gasteiger partial charge on any atom is 0.191 e. The molecule has 1 aliphatic heterocycles. The van der Waals surface area contributed by atoms with Gasteiger partial charge < -0.3 is 15.4 Å². The van der Waals surface area contributed by atoms with Crippen molar-refractivity contribution in [3.8, 4) is 0 Å². The van der Waals surface area contributed by atoms with Crippen molar-refractivity contribution in [1.29, 1.82) is 0 Å². The Morgan fingerprint density at radius 1 is 1.25 bits per heavy atom. The molecule has 1 aromatic carbocycles. The molecule has 3 rings (SSSR count). The number of hydrogen-bond acceptors (Lipinski definition) is 4. The Morgan fingerprint density at radius 2 is 2.04 bits per heavy atom. The lowest BCUT2D eigenvalue weighted by molar-refractivity contribution is -0.0212. The lowest BCUT2D eigenvalue weighted by atomic mass is 10.1. The van der Waals surface area contributed by atoms with Gasteiger partial charge in [-0.2, -0.15) is 5.10 Å². The molecular formula is C20H31IN6O. The summed E-state index contributed by atoms with van der Waals surface area (Å²) in [6.07, 6.45) is 2.12. The van der Waals surface area contributed by atoms with Crippen molar-refractivity contribution in [2.75, 3.05) is 26.7 Å². The number of morpholine rings is 1. The molecule has 1 aromatic heterocycles. The zero-order valence-corrected chi connectivity index (χ0v) is 19.2. The first kappa shape index (κ1) is 22.6. The van der Waals surface area contributed by atoms with Crippen molar-refractivity contribution >= 4 is 29.9 Å². The summed E-state index contributed by atoms with van der Waals surface area (Å²) in [5.41, 5.74) is 3.69. The Labute approximate surface area is 184 Å². The van der Waals surface area contributed by atoms with E-state index in [1.54, 1.807) is 13.2 Å². The van der Waals surface area contributed by atoms with Crippen molar-refractivity contribution in [3.63, 3.8) is 0 Å². The fourth-order valence-corrected chi connectivity index (χ4v) is 3.29. The van der Waals surface area contributed by atoms with Crippen molar-refractivity contribution in [2.45, 2.75) is 32.7 Å². The van der Waals surface area contributed by atoms with Gasteiger partial charge in [-0.3, -0.25) is 14.6 Å². The smallest absolute Gasteiger partial charge is 0.191 e. The molecule has 1 saturated heterocycles. The zero-order valence-electron chi connectivity index (χ0n) is 16.9. The second-order valence-electron chi connectivity index (χ2n) is 6.96. The molecule has 1 unspecified atom stereocenters. The van der Waals surface area contributed by atoms with Gasteiger partial charge in [0.25, 0.3) is 0 Å². The Bertz CT molecular complexity index is 763. The van der Waals surface area contributed by atoms with Crippen LogP contribution in [0.15, 0.2) is 41.5 Å². The van der Waals surface area contributed by atoms with Crippen LogP contribution in [0.2, 0.25) is 0 Å². The summed E-state index contributed by atoms with van der Waals surface area (Å²) in [5, 5.41) is 10.9. The summed E-state index contributed by atoms with van der Waals surface area (Å²) in [7, 11) is 3.72. The molecule has 8 heteroatoms. The monoisotopic (exact) mass is 498 g/mol. The molecule has 28 heavy (non-hydrogen) atoms. The number of hydrogen-bond donors (Lipinski definition) is 2. The van der Waals surface area contributed by atoms with E-state index in [0.29, 0.717) is 12.6 Å². The lowest BCUT2D eigenvalue weighted by Crippen LogP contribution is -2.40. The summed E-state index contributed by atoms with van der Waals surface area (Å²) in [6.45, 7) is 7.33. The number of halogens is 1. The minimum atomic E-state index is 0. The number of aryl methyl sites for hydroxylation is 1. The topological polar surface area (TPSA) is 66.7 Å². The van der Waals surface area contributed by atoms with Crippen LogP contribution in [0.4, 0.5) is 0 Å². The quantitative estimate of drug-likeness (QED) is 0.363. The van der Waals surface area contributed by atoms with Gasteiger partial charge in [0.15, 0.2) is 5.96 Å². The van der Waals surface area contributed by atoms with E-state index in [0.717, 1.165) is 44.4 Å². The zero-order chi connectivity index (χ0) is 19.1. The Hall–Kier alpha value is -1.65. The number of aromatic nitrogens is 2. The normalized spacial score (nSPS) is 17.8. The van der Waals surface area contributed by atoms with E-state index >= 15 is 0 Å². The van der Waals surface area contributed by atoms with E-state index in [9.17, 15) is 0 Å². The predicted octanol–water partition coefficient (Wildman–Crippen LogP) is 2.12. The fourth-order valence-electron chi connectivity index (χ4n) is 3.29. The average molecular weight is 498 g/mol. The highest BCUT2D eigenvalue weighted by atomic mass is 127. The van der Waals surface area contributed by atoms with Crippen molar-refractivity contribution in [3.05, 3.63) is 53.3 Å². The van der Waals surface area contributed by atoms with Crippen molar-refractivity contribution in [1.82, 2.24) is 25.3 Å². The van der Waals surface area contributed by atoms with Crippen LogP contribution in [-0.2, 0) is 31.4 Å². The standard InChI is InChI=1S/C20H30N6O.HI/c1-16-14-26(9-10-27-16)15-18-6-4-5-17(11-18)12-22-20(21-2)23-13-19-7-8-24-25(19)3;/h4-8,11,16H,9-10,12-15H2,1-3H3,(H2,21,22,23);1H. The first-order chi connectivity index (χ1) is 13.1. The first-order valence-electron chi connectivity index (χ1n) is 9.47. The van der Waals surface area contributed by atoms with Crippen LogP contribution in [0.5, 0.6) is 0 Å². The van der Waals surface area contributed by atoms with E-state index in [4.69, 9.17) is 4.74 Å². The molecule has 1 fully saturated rings. The van der Waals surface area contributed by atoms with Gasteiger partial charge in [-0.15, -0.1) is 24.0 Å². The second-order valence-corrected chi connectivity index (χ2v) is 6.96. The highest BCUT2D eigenvalue weighted by molar-refractivity contribution is 14.0. The van der Waals surface area contributed by atoms with Gasteiger partial charge in [0.1, 0.15) is 0 Å². The number of aliphatic imine (C=N–C) groups is 1. The largest absolute Gasteiger partial charge is 0.376 e. The van der Waals surface area contributed by atoms with Crippen LogP contribution < -0.4 is 10.6 Å². The van der Waals surface area contributed by atoms with Gasteiger partial charge in [0, 0.05) is 46.5 Å². The molecule has 2 aromatic rings. The van der Waals surface area contributed by atoms with E-state index in [1.165, 1.54) is 11.1 Å². The highest BCUT2D eigenvalue weighted by Crippen LogP contribution is 2.12. The summed E-state index contributed by atoms with van der Waals surface area (Å²) >= 11 is 0. The third-order valence-corrected chi connectivity index (χ3v) is 4.77. The minimum absolute atomic E-state index is 0. The third-order valence-electron chi connectivity index (χ3n) is 4.77. The maximum absolute atomic E-state index is 5.63. The van der Waals surface area contributed by atoms with Crippen LogP contribution in [-0.4, -0.2) is 53.5 Å². The van der Waals surface area contributed by atoms with Gasteiger partial charge in [-0.1, -0.05) is 24.3 Å². The first-order valence-corrected chi connectivity index (χ1v) is 9.47. The van der Waals surface area contributed by atoms with E-state index < -0.39 is 0 Å². The van der Waals surface area contributed by atoms with E-state index in [-0.39, 0.29) is 24.0 Å². The van der Waals surface area contributed by atoms with Gasteiger partial charge in [-0.25, -0.2) is 0 Å².